The molecule has 74 valence electrons. The average molecular weight is 182 g/mol. The van der Waals surface area contributed by atoms with Crippen molar-refractivity contribution in [1.29, 1.82) is 0 Å². The number of anilines is 1. The Labute approximate surface area is 79.1 Å². The van der Waals surface area contributed by atoms with Crippen LogP contribution in [0, 0.1) is 0 Å². The molecule has 0 saturated carbocycles. The lowest BCUT2D eigenvalue weighted by Crippen LogP contribution is -2.24. The molecule has 4 heteroatoms. The van der Waals surface area contributed by atoms with Crippen molar-refractivity contribution in [1.82, 2.24) is 9.78 Å². The minimum atomic E-state index is 0.296. The first-order valence-corrected chi connectivity index (χ1v) is 4.64. The Morgan fingerprint density at radius 1 is 1.54 bits per heavy atom. The van der Waals surface area contributed by atoms with E-state index in [-0.39, 0.29) is 0 Å². The van der Waals surface area contributed by atoms with Crippen LogP contribution in [-0.2, 0) is 0 Å². The van der Waals surface area contributed by atoms with E-state index in [0.29, 0.717) is 18.6 Å². The summed E-state index contributed by atoms with van der Waals surface area (Å²) in [5.41, 5.74) is 6.53. The summed E-state index contributed by atoms with van der Waals surface area (Å²) in [6.07, 6.45) is 3.82. The second-order valence-corrected chi connectivity index (χ2v) is 3.58. The van der Waals surface area contributed by atoms with Crippen LogP contribution in [0.5, 0.6) is 0 Å². The maximum Gasteiger partial charge on any atom is 0.0729 e. The molecule has 1 atom stereocenters. The van der Waals surface area contributed by atoms with Gasteiger partial charge in [-0.2, -0.15) is 5.10 Å². The Hall–Kier alpha value is -1.03. The van der Waals surface area contributed by atoms with Gasteiger partial charge in [0.15, 0.2) is 0 Å². The van der Waals surface area contributed by atoms with Crippen LogP contribution < -0.4 is 11.1 Å². The molecule has 0 aliphatic rings. The summed E-state index contributed by atoms with van der Waals surface area (Å²) in [4.78, 5) is 0. The van der Waals surface area contributed by atoms with Crippen LogP contribution in [-0.4, -0.2) is 22.4 Å². The van der Waals surface area contributed by atoms with Crippen LogP contribution in [0.25, 0.3) is 0 Å². The molecule has 0 aliphatic heterocycles. The number of hydrogen-bond donors (Lipinski definition) is 2. The molecule has 0 aliphatic carbocycles. The van der Waals surface area contributed by atoms with Gasteiger partial charge in [-0.1, -0.05) is 0 Å². The Balaban J connectivity index is 2.58. The van der Waals surface area contributed by atoms with Crippen LogP contribution >= 0.6 is 0 Å². The zero-order chi connectivity index (χ0) is 9.84. The van der Waals surface area contributed by atoms with Gasteiger partial charge in [0, 0.05) is 24.8 Å². The standard InChI is InChI=1S/C9H18N4/c1-7(2)13-6-9(5-11-13)12-8(3)4-10/h5-8,12H,4,10H2,1-3H3. The minimum absolute atomic E-state index is 0.296. The Morgan fingerprint density at radius 2 is 2.23 bits per heavy atom. The smallest absolute Gasteiger partial charge is 0.0729 e. The number of nitrogens with one attached hydrogen (secondary N) is 1. The summed E-state index contributed by atoms with van der Waals surface area (Å²) in [5.74, 6) is 0. The third-order valence-electron chi connectivity index (χ3n) is 1.90. The molecule has 0 saturated heterocycles. The van der Waals surface area contributed by atoms with E-state index in [1.165, 1.54) is 0 Å². The highest BCUT2D eigenvalue weighted by atomic mass is 15.3. The first-order valence-electron chi connectivity index (χ1n) is 4.64. The maximum atomic E-state index is 5.50. The number of nitrogens with two attached hydrogens (primary N) is 1. The van der Waals surface area contributed by atoms with E-state index in [1.807, 2.05) is 24.0 Å². The molecule has 0 amide bonds. The van der Waals surface area contributed by atoms with Crippen molar-refractivity contribution in [3.63, 3.8) is 0 Å². The van der Waals surface area contributed by atoms with Crippen molar-refractivity contribution in [2.45, 2.75) is 32.9 Å². The van der Waals surface area contributed by atoms with Crippen LogP contribution in [0.3, 0.4) is 0 Å². The molecule has 1 rings (SSSR count). The van der Waals surface area contributed by atoms with Crippen molar-refractivity contribution >= 4 is 5.69 Å². The first kappa shape index (κ1) is 10.1. The van der Waals surface area contributed by atoms with Gasteiger partial charge in [-0.3, -0.25) is 4.68 Å². The number of rotatable bonds is 4. The van der Waals surface area contributed by atoms with Crippen molar-refractivity contribution < 1.29 is 0 Å². The summed E-state index contributed by atoms with van der Waals surface area (Å²) >= 11 is 0. The van der Waals surface area contributed by atoms with Gasteiger partial charge in [0.2, 0.25) is 0 Å². The maximum absolute atomic E-state index is 5.50. The number of nitrogens with zero attached hydrogens (tertiary/aromatic N) is 2. The molecule has 4 nitrogen and oxygen atoms in total. The fourth-order valence-corrected chi connectivity index (χ4v) is 1.04. The van der Waals surface area contributed by atoms with Crippen molar-refractivity contribution in [2.24, 2.45) is 5.73 Å². The van der Waals surface area contributed by atoms with Gasteiger partial charge < -0.3 is 11.1 Å². The SMILES string of the molecule is CC(CN)Nc1cnn(C(C)C)c1. The molecule has 0 fully saturated rings. The molecule has 0 spiro atoms. The predicted octanol–water partition coefficient (Wildman–Crippen LogP) is 1.22. The molecule has 0 aromatic carbocycles. The van der Waals surface area contributed by atoms with Crippen LogP contribution in [0.4, 0.5) is 5.69 Å². The molecule has 1 unspecified atom stereocenters. The second-order valence-electron chi connectivity index (χ2n) is 3.58. The lowest BCUT2D eigenvalue weighted by Gasteiger charge is -2.10. The van der Waals surface area contributed by atoms with E-state index in [1.54, 1.807) is 0 Å². The normalized spacial score (nSPS) is 13.3. The molecular formula is C9H18N4. The van der Waals surface area contributed by atoms with Crippen LogP contribution in [0.1, 0.15) is 26.8 Å². The quantitative estimate of drug-likeness (QED) is 0.736. The molecule has 1 aromatic heterocycles. The Morgan fingerprint density at radius 3 is 2.69 bits per heavy atom. The molecular weight excluding hydrogens is 164 g/mol. The van der Waals surface area contributed by atoms with Crippen molar-refractivity contribution in [2.75, 3.05) is 11.9 Å². The molecule has 0 bridgehead atoms. The van der Waals surface area contributed by atoms with Gasteiger partial charge >= 0.3 is 0 Å². The minimum Gasteiger partial charge on any atom is -0.379 e. The van der Waals surface area contributed by atoms with Gasteiger partial charge in [-0.05, 0) is 20.8 Å². The number of aromatic nitrogens is 2. The molecule has 0 radical (unpaired) electrons. The largest absolute Gasteiger partial charge is 0.379 e. The summed E-state index contributed by atoms with van der Waals surface area (Å²) in [7, 11) is 0. The predicted molar refractivity (Wildman–Crippen MR) is 54.8 cm³/mol. The fourth-order valence-electron chi connectivity index (χ4n) is 1.04. The summed E-state index contributed by atoms with van der Waals surface area (Å²) in [5, 5.41) is 7.47. The van der Waals surface area contributed by atoms with Crippen molar-refractivity contribution in [3.8, 4) is 0 Å². The zero-order valence-corrected chi connectivity index (χ0v) is 8.49. The van der Waals surface area contributed by atoms with Crippen LogP contribution in [0.15, 0.2) is 12.4 Å². The average Bonchev–Trinajstić information content (AvgIpc) is 2.52. The summed E-state index contributed by atoms with van der Waals surface area (Å²) < 4.78 is 1.92. The van der Waals surface area contributed by atoms with Gasteiger partial charge in [0.05, 0.1) is 11.9 Å². The third-order valence-corrected chi connectivity index (χ3v) is 1.90. The monoisotopic (exact) mass is 182 g/mol. The topological polar surface area (TPSA) is 55.9 Å². The highest BCUT2D eigenvalue weighted by Gasteiger charge is 2.03. The first-order chi connectivity index (χ1) is 6.13. The third kappa shape index (κ3) is 2.73. The Kier molecular flexibility index (Phi) is 3.31. The second kappa shape index (κ2) is 4.28. The van der Waals surface area contributed by atoms with E-state index in [0.717, 1.165) is 5.69 Å². The fraction of sp³-hybridized carbons (Fsp3) is 0.667. The number of hydrogen-bond acceptors (Lipinski definition) is 3. The molecule has 13 heavy (non-hydrogen) atoms. The highest BCUT2D eigenvalue weighted by Crippen LogP contribution is 2.10. The van der Waals surface area contributed by atoms with Gasteiger partial charge in [0.25, 0.3) is 0 Å². The highest BCUT2D eigenvalue weighted by molar-refractivity contribution is 5.39. The van der Waals surface area contributed by atoms with E-state index in [4.69, 9.17) is 5.73 Å². The molecule has 3 N–H and O–H groups in total. The molecule has 1 aromatic rings. The van der Waals surface area contributed by atoms with E-state index >= 15 is 0 Å². The lowest BCUT2D eigenvalue weighted by molar-refractivity contribution is 0.532. The zero-order valence-electron chi connectivity index (χ0n) is 8.49. The Bertz CT molecular complexity index is 254. The van der Waals surface area contributed by atoms with Crippen LogP contribution in [0.2, 0.25) is 0 Å². The van der Waals surface area contributed by atoms with Gasteiger partial charge in [-0.15, -0.1) is 0 Å². The lowest BCUT2D eigenvalue weighted by atomic mass is 10.3. The molecule has 1 heterocycles. The van der Waals surface area contributed by atoms with E-state index < -0.39 is 0 Å². The summed E-state index contributed by atoms with van der Waals surface area (Å²) in [6.45, 7) is 6.88. The van der Waals surface area contributed by atoms with Gasteiger partial charge in [-0.25, -0.2) is 0 Å². The van der Waals surface area contributed by atoms with Crippen molar-refractivity contribution in [3.05, 3.63) is 12.4 Å². The van der Waals surface area contributed by atoms with Gasteiger partial charge in [0.1, 0.15) is 0 Å². The van der Waals surface area contributed by atoms with E-state index in [9.17, 15) is 0 Å². The summed E-state index contributed by atoms with van der Waals surface area (Å²) in [6, 6.07) is 0.702. The van der Waals surface area contributed by atoms with E-state index in [2.05, 4.69) is 24.3 Å².